The second-order valence-electron chi connectivity index (χ2n) is 4.23. The van der Waals surface area contributed by atoms with Crippen LogP contribution in [0.1, 0.15) is 23.1 Å². The molecule has 2 rings (SSSR count). The van der Waals surface area contributed by atoms with Crippen LogP contribution in [0, 0.1) is 12.7 Å². The summed E-state index contributed by atoms with van der Waals surface area (Å²) in [6.07, 6.45) is 1.83. The number of hydrogen-bond acceptors (Lipinski definition) is 4. The van der Waals surface area contributed by atoms with Gasteiger partial charge in [0.15, 0.2) is 0 Å². The average Bonchev–Trinajstić information content (AvgIpc) is 2.66. The zero-order chi connectivity index (χ0) is 13.1. The first kappa shape index (κ1) is 12.7. The van der Waals surface area contributed by atoms with E-state index < -0.39 is 0 Å². The molecule has 0 aliphatic carbocycles. The molecule has 0 fully saturated rings. The molecule has 0 bridgehead atoms. The van der Waals surface area contributed by atoms with Crippen LogP contribution in [-0.2, 0) is 13.5 Å². The van der Waals surface area contributed by atoms with E-state index in [4.69, 9.17) is 5.84 Å². The highest BCUT2D eigenvalue weighted by atomic mass is 19.1. The van der Waals surface area contributed by atoms with Crippen LogP contribution in [0.25, 0.3) is 0 Å². The lowest BCUT2D eigenvalue weighted by Crippen LogP contribution is -2.30. The molecule has 3 N–H and O–H groups in total. The summed E-state index contributed by atoms with van der Waals surface area (Å²) >= 11 is 0. The van der Waals surface area contributed by atoms with E-state index in [0.717, 1.165) is 11.4 Å². The van der Waals surface area contributed by atoms with Crippen LogP contribution in [0.4, 0.5) is 4.39 Å². The van der Waals surface area contributed by atoms with Crippen LogP contribution >= 0.6 is 0 Å². The largest absolute Gasteiger partial charge is 0.272 e. The minimum absolute atomic E-state index is 0.166. The van der Waals surface area contributed by atoms with Crippen molar-refractivity contribution in [2.24, 2.45) is 12.9 Å². The van der Waals surface area contributed by atoms with Gasteiger partial charge in [0.25, 0.3) is 0 Å². The van der Waals surface area contributed by atoms with Crippen molar-refractivity contribution in [1.29, 1.82) is 0 Å². The van der Waals surface area contributed by atoms with E-state index in [1.807, 2.05) is 24.7 Å². The smallest absolute Gasteiger partial charge is 0.141 e. The first-order valence-corrected chi connectivity index (χ1v) is 5.67. The lowest BCUT2D eigenvalue weighted by molar-refractivity contribution is 0.515. The van der Waals surface area contributed by atoms with Gasteiger partial charge in [0.2, 0.25) is 0 Å². The van der Waals surface area contributed by atoms with E-state index in [2.05, 4.69) is 15.5 Å². The van der Waals surface area contributed by atoms with Crippen molar-refractivity contribution < 1.29 is 4.39 Å². The molecule has 0 aliphatic heterocycles. The predicted molar refractivity (Wildman–Crippen MR) is 65.9 cm³/mol. The zero-order valence-electron chi connectivity index (χ0n) is 10.4. The Morgan fingerprint density at radius 1 is 1.50 bits per heavy atom. The van der Waals surface area contributed by atoms with Crippen LogP contribution in [0.5, 0.6) is 0 Å². The number of hydrogen-bond donors (Lipinski definition) is 2. The number of halogens is 1. The van der Waals surface area contributed by atoms with Crippen molar-refractivity contribution in [2.45, 2.75) is 19.4 Å². The molecule has 0 radical (unpaired) electrons. The van der Waals surface area contributed by atoms with Gasteiger partial charge in [-0.1, -0.05) is 0 Å². The molecule has 0 amide bonds. The molecule has 0 saturated heterocycles. The van der Waals surface area contributed by atoms with Crippen molar-refractivity contribution in [3.63, 3.8) is 0 Å². The average molecular weight is 249 g/mol. The molecular weight excluding hydrogens is 233 g/mol. The van der Waals surface area contributed by atoms with Crippen LogP contribution in [0.2, 0.25) is 0 Å². The minimum Gasteiger partial charge on any atom is -0.272 e. The van der Waals surface area contributed by atoms with Crippen LogP contribution in [0.3, 0.4) is 0 Å². The van der Waals surface area contributed by atoms with E-state index >= 15 is 0 Å². The van der Waals surface area contributed by atoms with E-state index in [-0.39, 0.29) is 11.9 Å². The second-order valence-corrected chi connectivity index (χ2v) is 4.23. The molecule has 18 heavy (non-hydrogen) atoms. The highest BCUT2D eigenvalue weighted by molar-refractivity contribution is 5.16. The van der Waals surface area contributed by atoms with Gasteiger partial charge in [0, 0.05) is 19.2 Å². The number of nitrogens with zero attached hydrogens (tertiary/aromatic N) is 3. The Labute approximate surface area is 105 Å². The SMILES string of the molecule is Cc1cc(CC(NN)c2ccc(F)cn2)n(C)n1. The first-order chi connectivity index (χ1) is 8.60. The molecule has 1 atom stereocenters. The third-order valence-electron chi connectivity index (χ3n) is 2.82. The Bertz CT molecular complexity index is 520. The van der Waals surface area contributed by atoms with Crippen molar-refractivity contribution in [3.8, 4) is 0 Å². The highest BCUT2D eigenvalue weighted by Crippen LogP contribution is 2.16. The molecule has 2 heterocycles. The van der Waals surface area contributed by atoms with Gasteiger partial charge in [-0.25, -0.2) is 4.39 Å². The monoisotopic (exact) mass is 249 g/mol. The molecule has 6 heteroatoms. The number of rotatable bonds is 4. The standard InChI is InChI=1S/C12H16FN5/c1-8-5-10(18(2)17-8)6-12(16-14)11-4-3-9(13)7-15-11/h3-5,7,12,16H,6,14H2,1-2H3. The zero-order valence-corrected chi connectivity index (χ0v) is 10.4. The fourth-order valence-corrected chi connectivity index (χ4v) is 1.91. The van der Waals surface area contributed by atoms with Crippen LogP contribution in [-0.4, -0.2) is 14.8 Å². The van der Waals surface area contributed by atoms with Gasteiger partial charge in [-0.3, -0.25) is 20.9 Å². The topological polar surface area (TPSA) is 68.8 Å². The van der Waals surface area contributed by atoms with E-state index in [1.54, 1.807) is 6.07 Å². The van der Waals surface area contributed by atoms with E-state index in [9.17, 15) is 4.39 Å². The summed E-state index contributed by atoms with van der Waals surface area (Å²) in [6.45, 7) is 1.94. The van der Waals surface area contributed by atoms with Gasteiger partial charge in [0.05, 0.1) is 23.6 Å². The van der Waals surface area contributed by atoms with Gasteiger partial charge < -0.3 is 0 Å². The molecular formula is C12H16FN5. The number of aryl methyl sites for hydroxylation is 2. The molecule has 0 aromatic carbocycles. The first-order valence-electron chi connectivity index (χ1n) is 5.67. The molecule has 2 aromatic heterocycles. The maximum atomic E-state index is 12.8. The number of nitrogens with two attached hydrogens (primary N) is 1. The lowest BCUT2D eigenvalue weighted by atomic mass is 10.1. The summed E-state index contributed by atoms with van der Waals surface area (Å²) in [7, 11) is 1.88. The van der Waals surface area contributed by atoms with Crippen molar-refractivity contribution in [3.05, 3.63) is 47.3 Å². The summed E-state index contributed by atoms with van der Waals surface area (Å²) in [5.74, 6) is 5.18. The quantitative estimate of drug-likeness (QED) is 0.627. The molecule has 96 valence electrons. The molecule has 5 nitrogen and oxygen atoms in total. The minimum atomic E-state index is -0.356. The fourth-order valence-electron chi connectivity index (χ4n) is 1.91. The normalized spacial score (nSPS) is 12.7. The summed E-state index contributed by atoms with van der Waals surface area (Å²) in [5.41, 5.74) is 5.40. The summed E-state index contributed by atoms with van der Waals surface area (Å²) < 4.78 is 14.6. The van der Waals surface area contributed by atoms with Gasteiger partial charge in [-0.15, -0.1) is 0 Å². The molecule has 0 saturated carbocycles. The molecule has 0 spiro atoms. The van der Waals surface area contributed by atoms with Crippen molar-refractivity contribution >= 4 is 0 Å². The van der Waals surface area contributed by atoms with Gasteiger partial charge >= 0.3 is 0 Å². The predicted octanol–water partition coefficient (Wildman–Crippen LogP) is 1.01. The third kappa shape index (κ3) is 2.72. The molecule has 0 aliphatic rings. The number of nitrogens with one attached hydrogen (secondary N) is 1. The summed E-state index contributed by atoms with van der Waals surface area (Å²) in [4.78, 5) is 4.03. The highest BCUT2D eigenvalue weighted by Gasteiger charge is 2.14. The Balaban J connectivity index is 2.19. The number of pyridine rings is 1. The molecule has 2 aromatic rings. The van der Waals surface area contributed by atoms with Gasteiger partial charge in [-0.05, 0) is 25.1 Å². The van der Waals surface area contributed by atoms with Gasteiger partial charge in [-0.2, -0.15) is 5.10 Å². The van der Waals surface area contributed by atoms with Crippen molar-refractivity contribution in [2.75, 3.05) is 0 Å². The van der Waals surface area contributed by atoms with Gasteiger partial charge in [0.1, 0.15) is 5.82 Å². The fraction of sp³-hybridized carbons (Fsp3) is 0.333. The Hall–Kier alpha value is -1.79. The van der Waals surface area contributed by atoms with Crippen LogP contribution in [0.15, 0.2) is 24.4 Å². The number of hydrazine groups is 1. The lowest BCUT2D eigenvalue weighted by Gasteiger charge is -2.15. The van der Waals surface area contributed by atoms with Crippen LogP contribution < -0.4 is 11.3 Å². The maximum Gasteiger partial charge on any atom is 0.141 e. The van der Waals surface area contributed by atoms with Crippen molar-refractivity contribution in [1.82, 2.24) is 20.2 Å². The Morgan fingerprint density at radius 3 is 2.78 bits per heavy atom. The number of aromatic nitrogens is 3. The maximum absolute atomic E-state index is 12.8. The summed E-state index contributed by atoms with van der Waals surface area (Å²) in [5, 5.41) is 4.27. The second kappa shape index (κ2) is 5.24. The van der Waals surface area contributed by atoms with E-state index in [0.29, 0.717) is 12.1 Å². The third-order valence-corrected chi connectivity index (χ3v) is 2.82. The summed E-state index contributed by atoms with van der Waals surface area (Å²) in [6, 6.07) is 4.83. The van der Waals surface area contributed by atoms with E-state index in [1.165, 1.54) is 12.3 Å². The Kier molecular flexibility index (Phi) is 3.69. The Morgan fingerprint density at radius 2 is 2.28 bits per heavy atom. The molecule has 1 unspecified atom stereocenters.